The van der Waals surface area contributed by atoms with Crippen LogP contribution in [0.1, 0.15) is 25.7 Å². The Morgan fingerprint density at radius 3 is 1.95 bits per heavy atom. The molecule has 0 fully saturated rings. The van der Waals surface area contributed by atoms with Gasteiger partial charge in [-0.05, 0) is 12.8 Å². The summed E-state index contributed by atoms with van der Waals surface area (Å²) in [5.41, 5.74) is 1.09. The molecule has 0 atom stereocenters. The summed E-state index contributed by atoms with van der Waals surface area (Å²) in [5.74, 6) is -0.132. The molecule has 0 N–H and O–H groups in total. The molecule has 108 valence electrons. The Balaban J connectivity index is 3.96. The third kappa shape index (κ3) is 7.64. The monoisotopic (exact) mass is 270 g/mol. The van der Waals surface area contributed by atoms with E-state index in [1.54, 1.807) is 14.1 Å². The molecule has 0 aliphatic rings. The van der Waals surface area contributed by atoms with Crippen LogP contribution in [0.3, 0.4) is 0 Å². The van der Waals surface area contributed by atoms with E-state index in [4.69, 9.17) is 9.68 Å². The van der Waals surface area contributed by atoms with Crippen LogP contribution in [0.5, 0.6) is 0 Å². The van der Waals surface area contributed by atoms with Crippen LogP contribution in [0, 0.1) is 0 Å². The highest BCUT2D eigenvalue weighted by Crippen LogP contribution is 2.06. The molecular formula is C12H23BN2O4. The fourth-order valence-corrected chi connectivity index (χ4v) is 1.37. The molecule has 0 aromatic rings. The molecule has 0 aliphatic carbocycles. The molecule has 0 heterocycles. The predicted octanol–water partition coefficient (Wildman–Crippen LogP) is 0.103. The molecule has 0 radical (unpaired) electrons. The summed E-state index contributed by atoms with van der Waals surface area (Å²) in [5, 5.41) is 2.42. The van der Waals surface area contributed by atoms with E-state index in [0.29, 0.717) is 25.7 Å². The normalized spacial score (nSPS) is 11.3. The van der Waals surface area contributed by atoms with Gasteiger partial charge in [-0.1, -0.05) is 6.08 Å². The third-order valence-electron chi connectivity index (χ3n) is 2.83. The Morgan fingerprint density at radius 1 is 1.00 bits per heavy atom. The molecular weight excluding hydrogens is 247 g/mol. The highest BCUT2D eigenvalue weighted by molar-refractivity contribution is 6.21. The molecule has 7 heteroatoms. The first-order valence-corrected chi connectivity index (χ1v) is 6.19. The van der Waals surface area contributed by atoms with Crippen molar-refractivity contribution in [2.75, 3.05) is 28.3 Å². The summed E-state index contributed by atoms with van der Waals surface area (Å²) in [4.78, 5) is 32.5. The van der Waals surface area contributed by atoms with Crippen molar-refractivity contribution >= 4 is 19.7 Å². The summed E-state index contributed by atoms with van der Waals surface area (Å²) < 4.78 is 0. The van der Waals surface area contributed by atoms with Gasteiger partial charge in [0, 0.05) is 26.9 Å². The number of carbonyl (C=O) groups is 2. The van der Waals surface area contributed by atoms with Gasteiger partial charge in [0.05, 0.1) is 14.2 Å². The lowest BCUT2D eigenvalue weighted by atomic mass is 9.89. The number of allylic oxidation sites excluding steroid dienone is 2. The zero-order valence-corrected chi connectivity index (χ0v) is 12.4. The Morgan fingerprint density at radius 2 is 1.47 bits per heavy atom. The Labute approximate surface area is 115 Å². The second-order valence-electron chi connectivity index (χ2n) is 4.24. The molecule has 0 saturated carbocycles. The van der Waals surface area contributed by atoms with Crippen LogP contribution in [0.2, 0.25) is 0 Å². The smallest absolute Gasteiger partial charge is 0.246 e. The maximum atomic E-state index is 11.5. The fraction of sp³-hybridized carbons (Fsp3) is 0.667. The van der Waals surface area contributed by atoms with Crippen LogP contribution in [0.25, 0.3) is 0 Å². The molecule has 0 unspecified atom stereocenters. The van der Waals surface area contributed by atoms with Crippen LogP contribution in [-0.2, 0) is 19.3 Å². The Hall–Kier alpha value is -1.34. The van der Waals surface area contributed by atoms with Gasteiger partial charge in [0.1, 0.15) is 7.85 Å². The van der Waals surface area contributed by atoms with Crippen molar-refractivity contribution in [3.8, 4) is 0 Å². The van der Waals surface area contributed by atoms with Gasteiger partial charge in [0.25, 0.3) is 0 Å². The zero-order valence-electron chi connectivity index (χ0n) is 12.4. The average molecular weight is 270 g/mol. The first kappa shape index (κ1) is 17.7. The van der Waals surface area contributed by atoms with Crippen molar-refractivity contribution in [1.82, 2.24) is 10.1 Å². The minimum Gasteiger partial charge on any atom is -0.275 e. The van der Waals surface area contributed by atoms with E-state index >= 15 is 0 Å². The molecule has 0 aliphatic heterocycles. The van der Waals surface area contributed by atoms with Crippen LogP contribution in [-0.4, -0.2) is 58.1 Å². The van der Waals surface area contributed by atoms with Gasteiger partial charge in [-0.3, -0.25) is 19.3 Å². The molecule has 6 nitrogen and oxygen atoms in total. The second kappa shape index (κ2) is 9.58. The predicted molar refractivity (Wildman–Crippen MR) is 74.7 cm³/mol. The maximum Gasteiger partial charge on any atom is 0.246 e. The van der Waals surface area contributed by atoms with E-state index in [2.05, 4.69) is 0 Å². The van der Waals surface area contributed by atoms with E-state index in [9.17, 15) is 9.59 Å². The molecule has 0 aromatic heterocycles. The van der Waals surface area contributed by atoms with Crippen LogP contribution in [0.4, 0.5) is 0 Å². The van der Waals surface area contributed by atoms with Crippen LogP contribution < -0.4 is 0 Å². The van der Waals surface area contributed by atoms with Crippen molar-refractivity contribution in [3.05, 3.63) is 11.5 Å². The topological polar surface area (TPSA) is 59.1 Å². The molecule has 19 heavy (non-hydrogen) atoms. The Kier molecular flexibility index (Phi) is 8.90. The third-order valence-corrected chi connectivity index (χ3v) is 2.83. The van der Waals surface area contributed by atoms with E-state index in [1.807, 2.05) is 13.9 Å². The number of rotatable bonds is 8. The molecule has 0 rings (SSSR count). The minimum absolute atomic E-state index is 0.0644. The fourth-order valence-electron chi connectivity index (χ4n) is 1.37. The molecule has 0 bridgehead atoms. The number of hydroxylamine groups is 4. The number of hydrogen-bond donors (Lipinski definition) is 0. The van der Waals surface area contributed by atoms with Crippen molar-refractivity contribution in [2.24, 2.45) is 0 Å². The van der Waals surface area contributed by atoms with Crippen LogP contribution in [0.15, 0.2) is 11.5 Å². The van der Waals surface area contributed by atoms with Crippen molar-refractivity contribution in [2.45, 2.75) is 25.7 Å². The molecule has 0 aromatic carbocycles. The first-order valence-electron chi connectivity index (χ1n) is 6.19. The lowest BCUT2D eigenvalue weighted by Gasteiger charge is -2.13. The van der Waals surface area contributed by atoms with Crippen molar-refractivity contribution < 1.29 is 19.3 Å². The van der Waals surface area contributed by atoms with Gasteiger partial charge in [0.15, 0.2) is 0 Å². The van der Waals surface area contributed by atoms with Crippen LogP contribution >= 0.6 is 0 Å². The number of hydrogen-bond acceptors (Lipinski definition) is 4. The first-order chi connectivity index (χ1) is 8.92. The summed E-state index contributed by atoms with van der Waals surface area (Å²) in [6.07, 6.45) is 4.08. The SMILES string of the molecule is B/C(=C\CCC(=O)N(C)OC)CCC(=O)N(C)OC. The molecule has 0 spiro atoms. The highest BCUT2D eigenvalue weighted by Gasteiger charge is 2.08. The lowest BCUT2D eigenvalue weighted by Crippen LogP contribution is -2.25. The van der Waals surface area contributed by atoms with E-state index in [-0.39, 0.29) is 11.8 Å². The van der Waals surface area contributed by atoms with Gasteiger partial charge in [-0.25, -0.2) is 10.1 Å². The summed E-state index contributed by atoms with van der Waals surface area (Å²) in [6, 6.07) is 0. The van der Waals surface area contributed by atoms with Crippen molar-refractivity contribution in [1.29, 1.82) is 0 Å². The number of amides is 2. The highest BCUT2D eigenvalue weighted by atomic mass is 16.7. The number of carbonyl (C=O) groups excluding carboxylic acids is 2. The lowest BCUT2D eigenvalue weighted by molar-refractivity contribution is -0.169. The molecule has 0 saturated heterocycles. The largest absolute Gasteiger partial charge is 0.275 e. The van der Waals surface area contributed by atoms with Gasteiger partial charge < -0.3 is 0 Å². The van der Waals surface area contributed by atoms with E-state index < -0.39 is 0 Å². The Bertz CT molecular complexity index is 334. The molecule has 2 amide bonds. The summed E-state index contributed by atoms with van der Waals surface area (Å²) in [7, 11) is 8.03. The van der Waals surface area contributed by atoms with Gasteiger partial charge in [-0.15, -0.1) is 5.47 Å². The minimum atomic E-state index is -0.0678. The summed E-state index contributed by atoms with van der Waals surface area (Å²) >= 11 is 0. The van der Waals surface area contributed by atoms with E-state index in [0.717, 1.165) is 5.47 Å². The van der Waals surface area contributed by atoms with Gasteiger partial charge >= 0.3 is 0 Å². The van der Waals surface area contributed by atoms with Gasteiger partial charge in [-0.2, -0.15) is 0 Å². The van der Waals surface area contributed by atoms with Gasteiger partial charge in [0.2, 0.25) is 11.8 Å². The summed E-state index contributed by atoms with van der Waals surface area (Å²) in [6.45, 7) is 0. The second-order valence-corrected chi connectivity index (χ2v) is 4.24. The maximum absolute atomic E-state index is 11.5. The quantitative estimate of drug-likeness (QED) is 0.464. The van der Waals surface area contributed by atoms with E-state index in [1.165, 1.54) is 24.3 Å². The average Bonchev–Trinajstić information content (AvgIpc) is 2.42. The van der Waals surface area contributed by atoms with Crippen molar-refractivity contribution in [3.63, 3.8) is 0 Å². The zero-order chi connectivity index (χ0) is 14.8. The number of nitrogens with zero attached hydrogens (tertiary/aromatic N) is 2. The standard InChI is InChI=1S/C12H23BN2O4/c1-14(18-3)11(16)7-5-6-10(13)8-9-12(17)15(2)19-4/h6H,5,7-9,13H2,1-4H3/b10-6-.